The maximum absolute atomic E-state index is 12.2. The van der Waals surface area contributed by atoms with Crippen molar-refractivity contribution in [2.75, 3.05) is 6.54 Å². The molecule has 0 saturated carbocycles. The van der Waals surface area contributed by atoms with E-state index in [1.165, 1.54) is 0 Å². The van der Waals surface area contributed by atoms with E-state index >= 15 is 0 Å². The lowest BCUT2D eigenvalue weighted by atomic mass is 10.1. The van der Waals surface area contributed by atoms with Crippen LogP contribution in [0, 0.1) is 11.7 Å². The van der Waals surface area contributed by atoms with E-state index in [1.54, 1.807) is 29.5 Å². The van der Waals surface area contributed by atoms with Gasteiger partial charge in [0.2, 0.25) is 0 Å². The van der Waals surface area contributed by atoms with E-state index in [4.69, 9.17) is 12.2 Å². The number of aromatic amines is 2. The minimum absolute atomic E-state index is 0.161. The molecule has 0 aliphatic rings. The highest BCUT2D eigenvalue weighted by molar-refractivity contribution is 7.71. The highest BCUT2D eigenvalue weighted by Gasteiger charge is 2.08. The van der Waals surface area contributed by atoms with E-state index in [1.807, 2.05) is 12.3 Å². The van der Waals surface area contributed by atoms with Gasteiger partial charge in [0, 0.05) is 23.2 Å². The Hall–Kier alpha value is -2.32. The van der Waals surface area contributed by atoms with E-state index in [0.717, 1.165) is 30.0 Å². The predicted molar refractivity (Wildman–Crippen MR) is 102 cm³/mol. The van der Waals surface area contributed by atoms with E-state index in [-0.39, 0.29) is 16.2 Å². The number of carbonyl (C=O) groups is 1. The van der Waals surface area contributed by atoms with Crippen LogP contribution < -0.4 is 10.9 Å². The van der Waals surface area contributed by atoms with Gasteiger partial charge in [0.15, 0.2) is 4.77 Å². The Morgan fingerprint density at radius 1 is 1.32 bits per heavy atom. The lowest BCUT2D eigenvalue weighted by Gasteiger charge is -2.06. The number of hydrogen-bond donors (Lipinski definition) is 3. The molecule has 0 spiro atoms. The fourth-order valence-corrected chi connectivity index (χ4v) is 3.55. The number of carbonyl (C=O) groups excluding carboxylic acids is 1. The zero-order valence-electron chi connectivity index (χ0n) is 13.7. The first-order valence-electron chi connectivity index (χ1n) is 7.98. The zero-order valence-corrected chi connectivity index (χ0v) is 15.4. The maximum atomic E-state index is 12.2. The number of thiazole rings is 1. The Balaban J connectivity index is 1.55. The van der Waals surface area contributed by atoms with Gasteiger partial charge in [0.05, 0.1) is 15.9 Å². The van der Waals surface area contributed by atoms with Crippen molar-refractivity contribution in [3.8, 4) is 0 Å². The van der Waals surface area contributed by atoms with Gasteiger partial charge in [-0.3, -0.25) is 14.6 Å². The molecule has 130 valence electrons. The Morgan fingerprint density at radius 2 is 2.16 bits per heavy atom. The van der Waals surface area contributed by atoms with Crippen molar-refractivity contribution < 1.29 is 4.79 Å². The second-order valence-corrected chi connectivity index (χ2v) is 7.12. The second kappa shape index (κ2) is 7.71. The number of rotatable bonds is 6. The van der Waals surface area contributed by atoms with Crippen LogP contribution in [0.4, 0.5) is 0 Å². The number of unbranched alkanes of at least 4 members (excludes halogenated alkanes) is 1. The topological polar surface area (TPSA) is 90.6 Å². The van der Waals surface area contributed by atoms with Crippen molar-refractivity contribution in [1.29, 1.82) is 0 Å². The third-order valence-electron chi connectivity index (χ3n) is 3.77. The van der Waals surface area contributed by atoms with E-state index in [2.05, 4.69) is 20.3 Å². The van der Waals surface area contributed by atoms with Crippen LogP contribution in [-0.2, 0) is 6.42 Å². The van der Waals surface area contributed by atoms with Crippen LogP contribution in [0.15, 0.2) is 28.4 Å². The number of hydrogen-bond acceptors (Lipinski definition) is 5. The molecule has 3 N–H and O–H groups in total. The molecule has 0 bridgehead atoms. The van der Waals surface area contributed by atoms with Crippen LogP contribution in [0.1, 0.15) is 33.9 Å². The fourth-order valence-electron chi connectivity index (χ4n) is 2.53. The monoisotopic (exact) mass is 374 g/mol. The van der Waals surface area contributed by atoms with E-state index in [0.29, 0.717) is 23.0 Å². The molecule has 8 heteroatoms. The number of aromatic nitrogens is 3. The standard InChI is InChI=1S/C17H18N4O2S2/c1-10-9-25-14(19-10)4-2-3-7-18-15(22)11-5-6-12-13(8-11)20-17(24)21-16(12)23/h5-6,8-9H,2-4,7H2,1H3,(H,18,22)(H2,20,21,23,24). The van der Waals surface area contributed by atoms with Crippen LogP contribution in [0.2, 0.25) is 0 Å². The molecule has 0 aliphatic heterocycles. The summed E-state index contributed by atoms with van der Waals surface area (Å²) in [5.41, 5.74) is 1.85. The Morgan fingerprint density at radius 3 is 2.92 bits per heavy atom. The van der Waals surface area contributed by atoms with E-state index < -0.39 is 0 Å². The van der Waals surface area contributed by atoms with Crippen molar-refractivity contribution >= 4 is 40.4 Å². The molecule has 2 heterocycles. The first-order chi connectivity index (χ1) is 12.0. The average Bonchev–Trinajstić information content (AvgIpc) is 2.99. The van der Waals surface area contributed by atoms with Gasteiger partial charge in [-0.1, -0.05) is 0 Å². The Labute approximate surface area is 153 Å². The first kappa shape index (κ1) is 17.5. The third kappa shape index (κ3) is 4.40. The van der Waals surface area contributed by atoms with Crippen molar-refractivity contribution in [2.45, 2.75) is 26.2 Å². The minimum Gasteiger partial charge on any atom is -0.352 e. The van der Waals surface area contributed by atoms with Crippen molar-refractivity contribution in [1.82, 2.24) is 20.3 Å². The smallest absolute Gasteiger partial charge is 0.259 e. The van der Waals surface area contributed by atoms with Gasteiger partial charge in [0.1, 0.15) is 0 Å². The Kier molecular flexibility index (Phi) is 5.40. The molecule has 0 atom stereocenters. The van der Waals surface area contributed by atoms with E-state index in [9.17, 15) is 9.59 Å². The quantitative estimate of drug-likeness (QED) is 0.457. The fraction of sp³-hybridized carbons (Fsp3) is 0.294. The number of H-pyrrole nitrogens is 2. The zero-order chi connectivity index (χ0) is 17.8. The summed E-state index contributed by atoms with van der Waals surface area (Å²) in [6, 6.07) is 4.91. The lowest BCUT2D eigenvalue weighted by Crippen LogP contribution is -2.24. The van der Waals surface area contributed by atoms with Gasteiger partial charge in [-0.05, 0) is 56.6 Å². The van der Waals surface area contributed by atoms with Gasteiger partial charge >= 0.3 is 0 Å². The summed E-state index contributed by atoms with van der Waals surface area (Å²) in [6.45, 7) is 2.59. The van der Waals surface area contributed by atoms with Crippen molar-refractivity contribution in [3.05, 3.63) is 55.0 Å². The predicted octanol–water partition coefficient (Wildman–Crippen LogP) is 3.10. The summed E-state index contributed by atoms with van der Waals surface area (Å²) in [5.74, 6) is -0.161. The van der Waals surface area contributed by atoms with Gasteiger partial charge in [-0.15, -0.1) is 11.3 Å². The molecule has 6 nitrogen and oxygen atoms in total. The van der Waals surface area contributed by atoms with Crippen LogP contribution in [0.3, 0.4) is 0 Å². The summed E-state index contributed by atoms with van der Waals surface area (Å²) in [5, 5.41) is 6.56. The maximum Gasteiger partial charge on any atom is 0.259 e. The molecule has 0 fully saturated rings. The molecule has 25 heavy (non-hydrogen) atoms. The van der Waals surface area contributed by atoms with Crippen molar-refractivity contribution in [3.63, 3.8) is 0 Å². The molecule has 2 aromatic heterocycles. The highest BCUT2D eigenvalue weighted by Crippen LogP contribution is 2.12. The number of fused-ring (bicyclic) bond motifs is 1. The van der Waals surface area contributed by atoms with Gasteiger partial charge < -0.3 is 10.3 Å². The largest absolute Gasteiger partial charge is 0.352 e. The molecule has 0 unspecified atom stereocenters. The SMILES string of the molecule is Cc1csc(CCCCNC(=O)c2ccc3c(=O)[nH]c(=S)[nH]c3c2)n1. The Bertz CT molecular complexity index is 1020. The van der Waals surface area contributed by atoms with Gasteiger partial charge in [0.25, 0.3) is 11.5 Å². The van der Waals surface area contributed by atoms with Crippen LogP contribution in [-0.4, -0.2) is 27.4 Å². The number of amides is 1. The van der Waals surface area contributed by atoms with Gasteiger partial charge in [-0.2, -0.15) is 0 Å². The van der Waals surface area contributed by atoms with Crippen LogP contribution >= 0.6 is 23.6 Å². The normalized spacial score (nSPS) is 10.9. The summed E-state index contributed by atoms with van der Waals surface area (Å²) >= 11 is 6.64. The molecule has 0 radical (unpaired) electrons. The first-order valence-corrected chi connectivity index (χ1v) is 9.27. The highest BCUT2D eigenvalue weighted by atomic mass is 32.1. The molecule has 3 rings (SSSR count). The van der Waals surface area contributed by atoms with Crippen LogP contribution in [0.25, 0.3) is 10.9 Å². The summed E-state index contributed by atoms with van der Waals surface area (Å²) in [6.07, 6.45) is 2.80. The number of aryl methyl sites for hydroxylation is 2. The lowest BCUT2D eigenvalue weighted by molar-refractivity contribution is 0.0953. The summed E-state index contributed by atoms with van der Waals surface area (Å²) in [7, 11) is 0. The molecule has 3 aromatic rings. The molecule has 1 aromatic carbocycles. The third-order valence-corrected chi connectivity index (χ3v) is 5.00. The summed E-state index contributed by atoms with van der Waals surface area (Å²) in [4.78, 5) is 33.9. The molecular weight excluding hydrogens is 356 g/mol. The summed E-state index contributed by atoms with van der Waals surface area (Å²) < 4.78 is 0.243. The van der Waals surface area contributed by atoms with Gasteiger partial charge in [-0.25, -0.2) is 4.98 Å². The molecule has 0 aliphatic carbocycles. The number of benzene rings is 1. The minimum atomic E-state index is -0.261. The second-order valence-electron chi connectivity index (χ2n) is 5.76. The number of nitrogens with zero attached hydrogens (tertiary/aromatic N) is 1. The van der Waals surface area contributed by atoms with Crippen LogP contribution in [0.5, 0.6) is 0 Å². The average molecular weight is 374 g/mol. The van der Waals surface area contributed by atoms with Crippen molar-refractivity contribution in [2.24, 2.45) is 0 Å². The molecule has 1 amide bonds. The molecule has 0 saturated heterocycles. The number of nitrogens with one attached hydrogen (secondary N) is 3. The molecular formula is C17H18N4O2S2.